The minimum absolute atomic E-state index is 0. The lowest BCUT2D eigenvalue weighted by Gasteiger charge is -2.37. The lowest BCUT2D eigenvalue weighted by molar-refractivity contribution is 0.370. The van der Waals surface area contributed by atoms with Crippen LogP contribution in [-0.4, -0.2) is 71.1 Å². The quantitative estimate of drug-likeness (QED) is 0.288. The number of halogens is 3. The number of anilines is 1. The molecule has 0 radical (unpaired) electrons. The van der Waals surface area contributed by atoms with E-state index in [0.29, 0.717) is 45.1 Å². The molecule has 0 bridgehead atoms. The van der Waals surface area contributed by atoms with Crippen LogP contribution >= 0.6 is 24.0 Å². The molecule has 1 saturated heterocycles. The van der Waals surface area contributed by atoms with Gasteiger partial charge in [-0.3, -0.25) is 4.99 Å². The van der Waals surface area contributed by atoms with Gasteiger partial charge in [-0.15, -0.1) is 24.0 Å². The topological polar surface area (TPSA) is 65.0 Å². The molecular weight excluding hydrogens is 477 g/mol. The van der Waals surface area contributed by atoms with Gasteiger partial charge in [-0.2, -0.15) is 0 Å². The molecule has 2 rings (SSSR count). The van der Waals surface area contributed by atoms with Crippen molar-refractivity contribution in [3.8, 4) is 0 Å². The molecule has 1 aliphatic heterocycles. The van der Waals surface area contributed by atoms with Crippen molar-refractivity contribution in [2.45, 2.75) is 6.42 Å². The van der Waals surface area contributed by atoms with Gasteiger partial charge in [-0.25, -0.2) is 17.2 Å². The number of guanidine groups is 1. The fraction of sp³-hybridized carbons (Fsp3) is 0.562. The first-order valence-corrected chi connectivity index (χ1v) is 10.2. The summed E-state index contributed by atoms with van der Waals surface area (Å²) >= 11 is 0. The standard InChI is InChI=1S/C16H24F2N4O2S.HI/c1-19-16(20-6-3-11-25(2,23)24)22-9-7-21(8-10-22)15-12-13(17)4-5-14(15)18;/h4-5,12H,3,6-11H2,1-2H3,(H,19,20);1H. The molecule has 0 amide bonds. The molecule has 1 heterocycles. The average molecular weight is 502 g/mol. The van der Waals surface area contributed by atoms with E-state index >= 15 is 0 Å². The molecular formula is C16H25F2IN4O2S. The smallest absolute Gasteiger partial charge is 0.193 e. The maximum Gasteiger partial charge on any atom is 0.193 e. The van der Waals surface area contributed by atoms with Crippen LogP contribution in [0.25, 0.3) is 0 Å². The van der Waals surface area contributed by atoms with E-state index in [1.165, 1.54) is 12.3 Å². The van der Waals surface area contributed by atoms with Crippen molar-refractivity contribution in [2.24, 2.45) is 4.99 Å². The molecule has 1 aromatic carbocycles. The summed E-state index contributed by atoms with van der Waals surface area (Å²) in [6, 6.07) is 3.46. The number of nitrogens with one attached hydrogen (secondary N) is 1. The zero-order valence-electron chi connectivity index (χ0n) is 14.9. The van der Waals surface area contributed by atoms with E-state index in [2.05, 4.69) is 10.3 Å². The second-order valence-corrected chi connectivity index (χ2v) is 8.29. The van der Waals surface area contributed by atoms with Gasteiger partial charge in [-0.1, -0.05) is 0 Å². The predicted octanol–water partition coefficient (Wildman–Crippen LogP) is 1.71. The van der Waals surface area contributed by atoms with Gasteiger partial charge in [0, 0.05) is 52.1 Å². The molecule has 0 aromatic heterocycles. The number of hydrogen-bond donors (Lipinski definition) is 1. The van der Waals surface area contributed by atoms with E-state index in [0.717, 1.165) is 12.1 Å². The molecule has 148 valence electrons. The normalized spacial score (nSPS) is 15.6. The molecule has 1 aliphatic rings. The van der Waals surface area contributed by atoms with Gasteiger partial charge >= 0.3 is 0 Å². The van der Waals surface area contributed by atoms with Crippen LogP contribution in [0.5, 0.6) is 0 Å². The number of benzene rings is 1. The van der Waals surface area contributed by atoms with Crippen molar-refractivity contribution < 1.29 is 17.2 Å². The van der Waals surface area contributed by atoms with E-state index in [-0.39, 0.29) is 35.4 Å². The maximum absolute atomic E-state index is 13.9. The fourth-order valence-electron chi connectivity index (χ4n) is 2.75. The van der Waals surface area contributed by atoms with Crippen LogP contribution in [0.1, 0.15) is 6.42 Å². The molecule has 0 unspecified atom stereocenters. The van der Waals surface area contributed by atoms with Crippen molar-refractivity contribution in [2.75, 3.05) is 56.7 Å². The van der Waals surface area contributed by atoms with Gasteiger partial charge in [0.05, 0.1) is 11.4 Å². The highest BCUT2D eigenvalue weighted by atomic mass is 127. The minimum Gasteiger partial charge on any atom is -0.366 e. The third-order valence-corrected chi connectivity index (χ3v) is 5.05. The summed E-state index contributed by atoms with van der Waals surface area (Å²) in [5.41, 5.74) is 0.274. The Morgan fingerprint density at radius 3 is 2.46 bits per heavy atom. The molecule has 1 fully saturated rings. The van der Waals surface area contributed by atoms with E-state index in [1.54, 1.807) is 7.05 Å². The number of aliphatic imine (C=N–C) groups is 1. The first-order chi connectivity index (χ1) is 11.8. The Morgan fingerprint density at radius 1 is 1.23 bits per heavy atom. The molecule has 1 aromatic rings. The molecule has 26 heavy (non-hydrogen) atoms. The van der Waals surface area contributed by atoms with Gasteiger partial charge < -0.3 is 15.1 Å². The molecule has 0 saturated carbocycles. The maximum atomic E-state index is 13.9. The van der Waals surface area contributed by atoms with Gasteiger partial charge in [0.25, 0.3) is 0 Å². The summed E-state index contributed by atoms with van der Waals surface area (Å²) < 4.78 is 49.5. The van der Waals surface area contributed by atoms with Crippen molar-refractivity contribution in [3.63, 3.8) is 0 Å². The molecule has 0 atom stereocenters. The Balaban J connectivity index is 0.00000338. The van der Waals surface area contributed by atoms with Crippen LogP contribution in [0, 0.1) is 11.6 Å². The van der Waals surface area contributed by atoms with Crippen molar-refractivity contribution in [1.29, 1.82) is 0 Å². The highest BCUT2D eigenvalue weighted by Gasteiger charge is 2.22. The number of sulfone groups is 1. The predicted molar refractivity (Wildman–Crippen MR) is 111 cm³/mol. The second-order valence-electron chi connectivity index (χ2n) is 6.03. The van der Waals surface area contributed by atoms with Gasteiger partial charge in [0.1, 0.15) is 21.5 Å². The highest BCUT2D eigenvalue weighted by Crippen LogP contribution is 2.21. The van der Waals surface area contributed by atoms with Crippen LogP contribution in [0.2, 0.25) is 0 Å². The number of piperazine rings is 1. The SMILES string of the molecule is CN=C(NCCCS(C)(=O)=O)N1CCN(c2cc(F)ccc2F)CC1.I. The monoisotopic (exact) mass is 502 g/mol. The molecule has 10 heteroatoms. The molecule has 6 nitrogen and oxygen atoms in total. The van der Waals surface area contributed by atoms with E-state index < -0.39 is 21.5 Å². The van der Waals surface area contributed by atoms with Crippen molar-refractivity contribution >= 4 is 45.5 Å². The lowest BCUT2D eigenvalue weighted by atomic mass is 10.2. The third-order valence-electron chi connectivity index (χ3n) is 4.01. The van der Waals surface area contributed by atoms with Crippen molar-refractivity contribution in [1.82, 2.24) is 10.2 Å². The van der Waals surface area contributed by atoms with Gasteiger partial charge in [0.2, 0.25) is 0 Å². The van der Waals surface area contributed by atoms with Crippen LogP contribution in [0.3, 0.4) is 0 Å². The number of hydrogen-bond acceptors (Lipinski definition) is 4. The fourth-order valence-corrected chi connectivity index (χ4v) is 3.42. The Bertz CT molecular complexity index is 723. The summed E-state index contributed by atoms with van der Waals surface area (Å²) in [6.45, 7) is 2.83. The van der Waals surface area contributed by atoms with Gasteiger partial charge in [0.15, 0.2) is 5.96 Å². The minimum atomic E-state index is -2.97. The first kappa shape index (κ1) is 22.9. The lowest BCUT2D eigenvalue weighted by Crippen LogP contribution is -2.53. The van der Waals surface area contributed by atoms with Crippen LogP contribution < -0.4 is 10.2 Å². The van der Waals surface area contributed by atoms with E-state index in [4.69, 9.17) is 0 Å². The molecule has 0 aliphatic carbocycles. The van der Waals surface area contributed by atoms with Crippen LogP contribution in [0.15, 0.2) is 23.2 Å². The zero-order chi connectivity index (χ0) is 18.4. The molecule has 1 N–H and O–H groups in total. The Kier molecular flexibility index (Phi) is 9.01. The summed E-state index contributed by atoms with van der Waals surface area (Å²) in [5, 5.41) is 3.15. The average Bonchev–Trinajstić information content (AvgIpc) is 2.56. The van der Waals surface area contributed by atoms with Crippen molar-refractivity contribution in [3.05, 3.63) is 29.8 Å². The van der Waals surface area contributed by atoms with Crippen LogP contribution in [-0.2, 0) is 9.84 Å². The summed E-state index contributed by atoms with van der Waals surface area (Å²) in [4.78, 5) is 8.04. The second kappa shape index (κ2) is 10.2. The Labute approximate surface area is 170 Å². The van der Waals surface area contributed by atoms with Gasteiger partial charge in [-0.05, 0) is 18.6 Å². The third kappa shape index (κ3) is 6.86. The zero-order valence-corrected chi connectivity index (χ0v) is 18.1. The first-order valence-electron chi connectivity index (χ1n) is 8.13. The highest BCUT2D eigenvalue weighted by molar-refractivity contribution is 14.0. The summed E-state index contributed by atoms with van der Waals surface area (Å²) in [7, 11) is -1.30. The summed E-state index contributed by atoms with van der Waals surface area (Å²) in [5.74, 6) is -0.0722. The Morgan fingerprint density at radius 2 is 1.88 bits per heavy atom. The Hall–Kier alpha value is -1.17. The number of rotatable bonds is 5. The van der Waals surface area contributed by atoms with Crippen LogP contribution in [0.4, 0.5) is 14.5 Å². The van der Waals surface area contributed by atoms with E-state index in [9.17, 15) is 17.2 Å². The number of nitrogens with zero attached hydrogens (tertiary/aromatic N) is 3. The van der Waals surface area contributed by atoms with E-state index in [1.807, 2.05) is 9.80 Å². The molecule has 0 spiro atoms. The largest absolute Gasteiger partial charge is 0.366 e. The summed E-state index contributed by atoms with van der Waals surface area (Å²) in [6.07, 6.45) is 1.72.